The molecule has 112 valence electrons. The van der Waals surface area contributed by atoms with Crippen LogP contribution in [0.4, 0.5) is 11.6 Å². The van der Waals surface area contributed by atoms with Crippen LogP contribution in [0.1, 0.15) is 37.6 Å². The van der Waals surface area contributed by atoms with Gasteiger partial charge in [-0.15, -0.1) is 0 Å². The fraction of sp³-hybridized carbons (Fsp3) is 0.714. The molecule has 0 aliphatic carbocycles. The van der Waals surface area contributed by atoms with E-state index in [4.69, 9.17) is 15.6 Å². The van der Waals surface area contributed by atoms with E-state index in [0.29, 0.717) is 0 Å². The lowest BCUT2D eigenvalue weighted by molar-refractivity contribution is 0.0891. The largest absolute Gasteiger partial charge is 0.380 e. The van der Waals surface area contributed by atoms with Gasteiger partial charge in [-0.05, 0) is 26.2 Å². The van der Waals surface area contributed by atoms with Crippen LogP contribution in [-0.2, 0) is 11.2 Å². The number of nitrogens with two attached hydrogens (primary N) is 1. The van der Waals surface area contributed by atoms with Crippen molar-refractivity contribution in [1.82, 2.24) is 9.97 Å². The molecular formula is C14H25N5O. The molecule has 6 heteroatoms. The molecule has 1 atom stereocenters. The van der Waals surface area contributed by atoms with Gasteiger partial charge >= 0.3 is 0 Å². The minimum absolute atomic E-state index is 0.280. The molecule has 1 aromatic rings. The van der Waals surface area contributed by atoms with Crippen LogP contribution in [0.3, 0.4) is 0 Å². The highest BCUT2D eigenvalue weighted by Gasteiger charge is 2.23. The quantitative estimate of drug-likeness (QED) is 0.630. The van der Waals surface area contributed by atoms with Crippen molar-refractivity contribution in [2.24, 2.45) is 5.84 Å². The van der Waals surface area contributed by atoms with E-state index in [1.807, 2.05) is 6.92 Å². The Labute approximate surface area is 120 Å². The van der Waals surface area contributed by atoms with E-state index in [2.05, 4.69) is 22.2 Å². The van der Waals surface area contributed by atoms with E-state index in [9.17, 15) is 0 Å². The Bertz CT molecular complexity index is 451. The third-order valence-corrected chi connectivity index (χ3v) is 3.79. The maximum absolute atomic E-state index is 5.58. The van der Waals surface area contributed by atoms with Gasteiger partial charge in [0.1, 0.15) is 17.5 Å². The molecule has 3 N–H and O–H groups in total. The third-order valence-electron chi connectivity index (χ3n) is 3.79. The van der Waals surface area contributed by atoms with Gasteiger partial charge in [0, 0.05) is 32.2 Å². The number of nitrogens with one attached hydrogen (secondary N) is 1. The van der Waals surface area contributed by atoms with Crippen LogP contribution in [0.25, 0.3) is 0 Å². The summed E-state index contributed by atoms with van der Waals surface area (Å²) >= 11 is 0. The average molecular weight is 279 g/mol. The van der Waals surface area contributed by atoms with E-state index < -0.39 is 0 Å². The van der Waals surface area contributed by atoms with Crippen LogP contribution in [0.2, 0.25) is 0 Å². The zero-order valence-corrected chi connectivity index (χ0v) is 12.6. The van der Waals surface area contributed by atoms with E-state index in [1.54, 1.807) is 7.11 Å². The van der Waals surface area contributed by atoms with Crippen molar-refractivity contribution in [2.45, 2.75) is 45.6 Å². The molecule has 0 radical (unpaired) electrons. The number of nitrogen functional groups attached to an aromatic ring is 1. The predicted octanol–water partition coefficient (Wildman–Crippen LogP) is 1.64. The summed E-state index contributed by atoms with van der Waals surface area (Å²) < 4.78 is 5.49. The van der Waals surface area contributed by atoms with Crippen molar-refractivity contribution in [3.63, 3.8) is 0 Å². The number of ether oxygens (including phenoxy) is 1. The number of hydrogen-bond donors (Lipinski definition) is 2. The van der Waals surface area contributed by atoms with Gasteiger partial charge in [0.15, 0.2) is 0 Å². The zero-order valence-electron chi connectivity index (χ0n) is 12.6. The zero-order chi connectivity index (χ0) is 14.5. The van der Waals surface area contributed by atoms with Gasteiger partial charge < -0.3 is 15.1 Å². The number of aryl methyl sites for hydroxylation is 1. The Morgan fingerprint density at radius 3 is 2.90 bits per heavy atom. The molecule has 1 aliphatic heterocycles. The van der Waals surface area contributed by atoms with Crippen LogP contribution in [0.15, 0.2) is 0 Å². The second kappa shape index (κ2) is 6.85. The SMILES string of the molecule is CCCc1nc(NN)c(C)c(N2CCCC(OC)C2)n1. The van der Waals surface area contributed by atoms with Gasteiger partial charge in [-0.25, -0.2) is 15.8 Å². The summed E-state index contributed by atoms with van der Waals surface area (Å²) in [5.74, 6) is 8.14. The lowest BCUT2D eigenvalue weighted by Gasteiger charge is -2.34. The summed E-state index contributed by atoms with van der Waals surface area (Å²) in [7, 11) is 1.77. The highest BCUT2D eigenvalue weighted by molar-refractivity contribution is 5.58. The number of hydrazine groups is 1. The Kier molecular flexibility index (Phi) is 5.14. The van der Waals surface area contributed by atoms with Crippen LogP contribution in [-0.4, -0.2) is 36.3 Å². The molecular weight excluding hydrogens is 254 g/mol. The first-order valence-corrected chi connectivity index (χ1v) is 7.31. The smallest absolute Gasteiger partial charge is 0.148 e. The molecule has 1 saturated heterocycles. The molecule has 1 aliphatic rings. The van der Waals surface area contributed by atoms with Crippen LogP contribution >= 0.6 is 0 Å². The number of nitrogens with zero attached hydrogens (tertiary/aromatic N) is 3. The van der Waals surface area contributed by atoms with Crippen molar-refractivity contribution >= 4 is 11.6 Å². The molecule has 6 nitrogen and oxygen atoms in total. The van der Waals surface area contributed by atoms with E-state index in [-0.39, 0.29) is 6.10 Å². The number of piperidine rings is 1. The first-order valence-electron chi connectivity index (χ1n) is 7.31. The van der Waals surface area contributed by atoms with Gasteiger partial charge in [0.05, 0.1) is 6.10 Å². The van der Waals surface area contributed by atoms with E-state index in [0.717, 1.165) is 61.8 Å². The van der Waals surface area contributed by atoms with Gasteiger partial charge in [0.2, 0.25) is 0 Å². The average Bonchev–Trinajstić information content (AvgIpc) is 2.49. The fourth-order valence-electron chi connectivity index (χ4n) is 2.66. The highest BCUT2D eigenvalue weighted by Crippen LogP contribution is 2.26. The molecule has 0 aromatic carbocycles. The van der Waals surface area contributed by atoms with E-state index in [1.165, 1.54) is 0 Å². The van der Waals surface area contributed by atoms with E-state index >= 15 is 0 Å². The first-order chi connectivity index (χ1) is 9.69. The monoisotopic (exact) mass is 279 g/mol. The Morgan fingerprint density at radius 1 is 1.45 bits per heavy atom. The minimum Gasteiger partial charge on any atom is -0.380 e. The van der Waals surface area contributed by atoms with Crippen LogP contribution in [0.5, 0.6) is 0 Å². The summed E-state index contributed by atoms with van der Waals surface area (Å²) in [6.07, 6.45) is 4.40. The van der Waals surface area contributed by atoms with Crippen LogP contribution in [0, 0.1) is 6.92 Å². The van der Waals surface area contributed by atoms with Gasteiger partial charge in [-0.2, -0.15) is 0 Å². The standard InChI is InChI=1S/C14H25N5O/c1-4-6-12-16-13(18-15)10(2)14(17-12)19-8-5-7-11(9-19)20-3/h11H,4-9,15H2,1-3H3,(H,16,17,18). The van der Waals surface area contributed by atoms with Crippen molar-refractivity contribution in [2.75, 3.05) is 30.5 Å². The fourth-order valence-corrected chi connectivity index (χ4v) is 2.66. The second-order valence-electron chi connectivity index (χ2n) is 5.28. The van der Waals surface area contributed by atoms with Crippen molar-refractivity contribution in [3.8, 4) is 0 Å². The molecule has 2 rings (SSSR count). The van der Waals surface area contributed by atoms with Crippen molar-refractivity contribution in [3.05, 3.63) is 11.4 Å². The van der Waals surface area contributed by atoms with Gasteiger partial charge in [-0.1, -0.05) is 6.92 Å². The number of methoxy groups -OCH3 is 1. The number of aromatic nitrogens is 2. The lowest BCUT2D eigenvalue weighted by atomic mass is 10.1. The highest BCUT2D eigenvalue weighted by atomic mass is 16.5. The molecule has 1 unspecified atom stereocenters. The second-order valence-corrected chi connectivity index (χ2v) is 5.28. The predicted molar refractivity (Wildman–Crippen MR) is 80.8 cm³/mol. The minimum atomic E-state index is 0.280. The summed E-state index contributed by atoms with van der Waals surface area (Å²) in [4.78, 5) is 11.5. The topological polar surface area (TPSA) is 76.3 Å². The van der Waals surface area contributed by atoms with Gasteiger partial charge in [-0.3, -0.25) is 0 Å². The summed E-state index contributed by atoms with van der Waals surface area (Å²) in [6.45, 7) is 6.02. The normalized spacial score (nSPS) is 19.2. The molecule has 1 fully saturated rings. The maximum atomic E-state index is 5.58. The van der Waals surface area contributed by atoms with Crippen molar-refractivity contribution < 1.29 is 4.74 Å². The number of hydrogen-bond acceptors (Lipinski definition) is 6. The molecule has 1 aromatic heterocycles. The number of rotatable bonds is 5. The Hall–Kier alpha value is -1.40. The maximum Gasteiger partial charge on any atom is 0.148 e. The third kappa shape index (κ3) is 3.19. The van der Waals surface area contributed by atoms with Crippen molar-refractivity contribution in [1.29, 1.82) is 0 Å². The molecule has 0 bridgehead atoms. The molecule has 0 saturated carbocycles. The molecule has 0 spiro atoms. The lowest BCUT2D eigenvalue weighted by Crippen LogP contribution is -2.40. The molecule has 20 heavy (non-hydrogen) atoms. The Balaban J connectivity index is 2.31. The first kappa shape index (κ1) is 15.0. The Morgan fingerprint density at radius 2 is 2.25 bits per heavy atom. The summed E-state index contributed by atoms with van der Waals surface area (Å²) in [5.41, 5.74) is 3.69. The summed E-state index contributed by atoms with van der Waals surface area (Å²) in [5, 5.41) is 0. The number of anilines is 2. The summed E-state index contributed by atoms with van der Waals surface area (Å²) in [6, 6.07) is 0. The molecule has 0 amide bonds. The molecule has 2 heterocycles. The van der Waals surface area contributed by atoms with Crippen LogP contribution < -0.4 is 16.2 Å². The van der Waals surface area contributed by atoms with Gasteiger partial charge in [0.25, 0.3) is 0 Å².